The van der Waals surface area contributed by atoms with E-state index in [2.05, 4.69) is 5.32 Å². The zero-order valence-electron chi connectivity index (χ0n) is 20.4. The first kappa shape index (κ1) is 24.2. The molecule has 8 nitrogen and oxygen atoms in total. The van der Waals surface area contributed by atoms with Gasteiger partial charge in [-0.3, -0.25) is 0 Å². The highest BCUT2D eigenvalue weighted by Gasteiger charge is 2.45. The minimum atomic E-state index is -1.03. The van der Waals surface area contributed by atoms with Crippen molar-refractivity contribution in [2.75, 3.05) is 20.3 Å². The minimum absolute atomic E-state index is 0.0292. The van der Waals surface area contributed by atoms with Crippen molar-refractivity contribution < 1.29 is 28.6 Å². The summed E-state index contributed by atoms with van der Waals surface area (Å²) >= 11 is 0. The van der Waals surface area contributed by atoms with Crippen LogP contribution in [0.4, 0.5) is 9.59 Å². The molecule has 0 aromatic heterocycles. The number of benzene rings is 3. The van der Waals surface area contributed by atoms with Gasteiger partial charge in [-0.25, -0.2) is 9.59 Å². The summed E-state index contributed by atoms with van der Waals surface area (Å²) in [7, 11) is 1.57. The van der Waals surface area contributed by atoms with Gasteiger partial charge in [0.05, 0.1) is 19.8 Å². The fourth-order valence-corrected chi connectivity index (χ4v) is 4.17. The standard InChI is InChI=1S/C27H30N2O6/c1-5-15-33-24-16-20(13-14-23(24)32-4)27(3)17-29(26(31)34-27)35-25(30)28-18(2)21-12-8-10-19-9-6-7-11-22(19)21/h6-14,16,18H,5,15,17H2,1-4H3,(H,28,30)/t18-,27-/m1/s1. The Morgan fingerprint density at radius 2 is 1.91 bits per heavy atom. The van der Waals surface area contributed by atoms with Gasteiger partial charge in [0.1, 0.15) is 6.54 Å². The largest absolute Gasteiger partial charge is 0.493 e. The first-order chi connectivity index (χ1) is 16.8. The summed E-state index contributed by atoms with van der Waals surface area (Å²) in [6.45, 7) is 6.20. The third-order valence-corrected chi connectivity index (χ3v) is 6.01. The van der Waals surface area contributed by atoms with Crippen LogP contribution in [0.5, 0.6) is 11.5 Å². The van der Waals surface area contributed by atoms with Gasteiger partial charge in [0.2, 0.25) is 0 Å². The maximum Gasteiger partial charge on any atom is 0.444 e. The fraction of sp³-hybridized carbons (Fsp3) is 0.333. The zero-order chi connectivity index (χ0) is 25.0. The monoisotopic (exact) mass is 478 g/mol. The Morgan fingerprint density at radius 3 is 2.69 bits per heavy atom. The summed E-state index contributed by atoms with van der Waals surface area (Å²) in [4.78, 5) is 30.5. The average molecular weight is 479 g/mol. The molecule has 0 saturated carbocycles. The van der Waals surface area contributed by atoms with Crippen LogP contribution in [0.3, 0.4) is 0 Å². The highest BCUT2D eigenvalue weighted by atomic mass is 16.8. The molecule has 0 unspecified atom stereocenters. The van der Waals surface area contributed by atoms with E-state index in [0.29, 0.717) is 23.7 Å². The molecule has 0 aliphatic carbocycles. The molecular weight excluding hydrogens is 448 g/mol. The first-order valence-corrected chi connectivity index (χ1v) is 11.6. The highest BCUT2D eigenvalue weighted by Crippen LogP contribution is 2.38. The fourth-order valence-electron chi connectivity index (χ4n) is 4.17. The third kappa shape index (κ3) is 5.11. The molecule has 1 aliphatic rings. The van der Waals surface area contributed by atoms with Gasteiger partial charge in [0, 0.05) is 5.56 Å². The Kier molecular flexibility index (Phi) is 7.00. The molecule has 184 valence electrons. The molecule has 1 aliphatic heterocycles. The number of amides is 2. The van der Waals surface area contributed by atoms with Gasteiger partial charge >= 0.3 is 12.2 Å². The third-order valence-electron chi connectivity index (χ3n) is 6.01. The molecular formula is C27H30N2O6. The first-order valence-electron chi connectivity index (χ1n) is 11.6. The van der Waals surface area contributed by atoms with E-state index in [9.17, 15) is 9.59 Å². The lowest BCUT2D eigenvalue weighted by Crippen LogP contribution is -2.37. The van der Waals surface area contributed by atoms with E-state index in [4.69, 9.17) is 19.0 Å². The van der Waals surface area contributed by atoms with Crippen LogP contribution in [-0.4, -0.2) is 37.5 Å². The number of cyclic esters (lactones) is 1. The van der Waals surface area contributed by atoms with Crippen molar-refractivity contribution in [1.29, 1.82) is 0 Å². The Labute approximate surface area is 204 Å². The van der Waals surface area contributed by atoms with E-state index >= 15 is 0 Å². The molecule has 2 atom stereocenters. The van der Waals surface area contributed by atoms with Crippen LogP contribution >= 0.6 is 0 Å². The van der Waals surface area contributed by atoms with Crippen molar-refractivity contribution in [2.24, 2.45) is 0 Å². The van der Waals surface area contributed by atoms with Crippen molar-refractivity contribution in [2.45, 2.75) is 38.8 Å². The quantitative estimate of drug-likeness (QED) is 0.447. The molecule has 1 fully saturated rings. The van der Waals surface area contributed by atoms with Gasteiger partial charge in [-0.05, 0) is 48.7 Å². The van der Waals surface area contributed by atoms with Crippen molar-refractivity contribution in [3.8, 4) is 11.5 Å². The number of nitrogens with zero attached hydrogens (tertiary/aromatic N) is 1. The number of fused-ring (bicyclic) bond motifs is 1. The van der Waals surface area contributed by atoms with Crippen LogP contribution in [0.25, 0.3) is 10.8 Å². The molecule has 1 heterocycles. The van der Waals surface area contributed by atoms with E-state index in [1.54, 1.807) is 32.2 Å². The second-order valence-electron chi connectivity index (χ2n) is 8.66. The molecule has 3 aromatic rings. The number of nitrogens with one attached hydrogen (secondary N) is 1. The van der Waals surface area contributed by atoms with Crippen LogP contribution in [-0.2, 0) is 15.2 Å². The smallest absolute Gasteiger partial charge is 0.444 e. The number of hydrogen-bond donors (Lipinski definition) is 1. The van der Waals surface area contributed by atoms with E-state index in [-0.39, 0.29) is 12.6 Å². The second-order valence-corrected chi connectivity index (χ2v) is 8.66. The van der Waals surface area contributed by atoms with Gasteiger partial charge in [0.25, 0.3) is 0 Å². The summed E-state index contributed by atoms with van der Waals surface area (Å²) in [6.07, 6.45) is -0.645. The lowest BCUT2D eigenvalue weighted by Gasteiger charge is -2.23. The molecule has 3 aromatic carbocycles. The van der Waals surface area contributed by atoms with Crippen LogP contribution in [0.15, 0.2) is 60.7 Å². The van der Waals surface area contributed by atoms with E-state index in [0.717, 1.165) is 27.8 Å². The summed E-state index contributed by atoms with van der Waals surface area (Å²) in [5.41, 5.74) is 0.620. The second kappa shape index (κ2) is 10.1. The SMILES string of the molecule is CCCOc1cc([C@@]2(C)CN(OC(=O)N[C@H](C)c3cccc4ccccc34)C(=O)O2)ccc1OC. The molecule has 1 saturated heterocycles. The molecule has 1 N–H and O–H groups in total. The van der Waals surface area contributed by atoms with Gasteiger partial charge in [-0.2, -0.15) is 0 Å². The van der Waals surface area contributed by atoms with Crippen LogP contribution in [0.1, 0.15) is 44.4 Å². The predicted octanol–water partition coefficient (Wildman–Crippen LogP) is 5.71. The molecule has 2 amide bonds. The number of hydrogen-bond acceptors (Lipinski definition) is 6. The summed E-state index contributed by atoms with van der Waals surface area (Å²) in [5, 5.41) is 5.85. The summed E-state index contributed by atoms with van der Waals surface area (Å²) in [6, 6.07) is 18.9. The van der Waals surface area contributed by atoms with Crippen molar-refractivity contribution in [3.05, 3.63) is 71.8 Å². The molecule has 0 bridgehead atoms. The lowest BCUT2D eigenvalue weighted by molar-refractivity contribution is -0.0508. The van der Waals surface area contributed by atoms with E-state index < -0.39 is 17.8 Å². The number of ether oxygens (including phenoxy) is 3. The van der Waals surface area contributed by atoms with Crippen molar-refractivity contribution in [1.82, 2.24) is 10.4 Å². The molecule has 4 rings (SSSR count). The Bertz CT molecular complexity index is 1220. The maximum atomic E-state index is 12.6. The van der Waals surface area contributed by atoms with E-state index in [1.807, 2.05) is 56.3 Å². The highest BCUT2D eigenvalue weighted by molar-refractivity contribution is 5.86. The number of carbonyl (C=O) groups excluding carboxylic acids is 2. The predicted molar refractivity (Wildman–Crippen MR) is 131 cm³/mol. The Hall–Kier alpha value is -3.94. The summed E-state index contributed by atoms with van der Waals surface area (Å²) in [5.74, 6) is 1.15. The summed E-state index contributed by atoms with van der Waals surface area (Å²) < 4.78 is 16.8. The minimum Gasteiger partial charge on any atom is -0.493 e. The number of hydroxylamine groups is 2. The number of rotatable bonds is 8. The normalized spacial score (nSPS) is 18.2. The number of carbonyl (C=O) groups is 2. The van der Waals surface area contributed by atoms with Crippen LogP contribution < -0.4 is 14.8 Å². The Balaban J connectivity index is 1.44. The Morgan fingerprint density at radius 1 is 1.14 bits per heavy atom. The van der Waals surface area contributed by atoms with Crippen LogP contribution in [0.2, 0.25) is 0 Å². The van der Waals surface area contributed by atoms with Crippen molar-refractivity contribution in [3.63, 3.8) is 0 Å². The van der Waals surface area contributed by atoms with Crippen LogP contribution in [0, 0.1) is 0 Å². The number of methoxy groups -OCH3 is 1. The molecule has 0 spiro atoms. The van der Waals surface area contributed by atoms with E-state index in [1.165, 1.54) is 0 Å². The average Bonchev–Trinajstić information content (AvgIpc) is 3.15. The lowest BCUT2D eigenvalue weighted by atomic mass is 9.96. The maximum absolute atomic E-state index is 12.6. The van der Waals surface area contributed by atoms with Gasteiger partial charge in [-0.15, -0.1) is 5.06 Å². The topological polar surface area (TPSA) is 86.3 Å². The van der Waals surface area contributed by atoms with Crippen molar-refractivity contribution >= 4 is 23.0 Å². The van der Waals surface area contributed by atoms with Gasteiger partial charge in [0.15, 0.2) is 17.1 Å². The zero-order valence-corrected chi connectivity index (χ0v) is 20.4. The molecule has 0 radical (unpaired) electrons. The van der Waals surface area contributed by atoms with Gasteiger partial charge < -0.3 is 24.4 Å². The molecule has 35 heavy (non-hydrogen) atoms. The van der Waals surface area contributed by atoms with Gasteiger partial charge in [-0.1, -0.05) is 55.5 Å². The molecule has 8 heteroatoms.